The molecule has 0 aliphatic rings. The summed E-state index contributed by atoms with van der Waals surface area (Å²) in [6.45, 7) is 6.01. The van der Waals surface area contributed by atoms with Crippen LogP contribution in [0, 0.1) is 24.0 Å². The molecule has 146 heavy (non-hydrogen) atoms. The lowest BCUT2D eigenvalue weighted by Crippen LogP contribution is -2.14. The summed E-state index contributed by atoms with van der Waals surface area (Å²) in [6.07, 6.45) is 19.4. The van der Waals surface area contributed by atoms with Gasteiger partial charge in [-0.2, -0.15) is 0 Å². The number of para-hydroxylation sites is 7. The Kier molecular flexibility index (Phi) is 40.5. The van der Waals surface area contributed by atoms with Gasteiger partial charge in [-0.1, -0.05) is 219 Å². The first-order valence-electron chi connectivity index (χ1n) is 45.4. The van der Waals surface area contributed by atoms with E-state index < -0.39 is 4.92 Å². The normalized spacial score (nSPS) is 10.2. The van der Waals surface area contributed by atoms with Crippen molar-refractivity contribution in [3.63, 3.8) is 0 Å². The molecule has 6 aromatic heterocycles. The molecule has 18 aromatic rings. The number of halogens is 3. The van der Waals surface area contributed by atoms with E-state index in [1.807, 2.05) is 178 Å². The number of amides is 6. The van der Waals surface area contributed by atoms with Crippen molar-refractivity contribution in [1.82, 2.24) is 29.9 Å². The third-order valence-electron chi connectivity index (χ3n) is 20.9. The fraction of sp³-hybridized carbons (Fsp3) is 0.0690. The average molecular weight is 2090 g/mol. The van der Waals surface area contributed by atoms with Crippen LogP contribution in [0.15, 0.2) is 447 Å². The molecule has 6 heterocycles. The van der Waals surface area contributed by atoms with Crippen LogP contribution in [-0.2, 0) is 39.6 Å². The summed E-state index contributed by atoms with van der Waals surface area (Å²) in [7, 11) is 0. The number of nitro benzene ring substituents is 1. The van der Waals surface area contributed by atoms with Crippen molar-refractivity contribution in [3.05, 3.63) is 540 Å². The molecule has 6 N–H and O–H groups in total. The van der Waals surface area contributed by atoms with Crippen molar-refractivity contribution in [3.8, 4) is 34.5 Å². The smallest absolute Gasteiger partial charge is 0.276 e. The van der Waals surface area contributed by atoms with E-state index in [2.05, 4.69) is 99.7 Å². The lowest BCUT2D eigenvalue weighted by Gasteiger charge is -2.12. The van der Waals surface area contributed by atoms with Crippen LogP contribution in [0.5, 0.6) is 34.5 Å². The number of carbonyl (C=O) groups is 6. The summed E-state index contributed by atoms with van der Waals surface area (Å²) in [4.78, 5) is 109. The van der Waals surface area contributed by atoms with Gasteiger partial charge >= 0.3 is 0 Å². The first-order valence-corrected chi connectivity index (χ1v) is 47.4. The van der Waals surface area contributed by atoms with E-state index in [0.717, 1.165) is 42.3 Å². The Bertz CT molecular complexity index is 7000. The number of nitrogens with zero attached hydrogens (tertiary/aromatic N) is 7. The standard InChI is InChI=1S/2C20H18N2O2.2C19H15BrN2O2.C19H15ClN2O2.C19H15N3O4/c1-15-6-4-7-16(12-15)14-24-19-10-3-2-9-18(19)20(23)22-17-8-5-11-21-13-17;1-15-7-2-3-8-16(15)14-24-19-11-5-4-10-18(19)20(23)22-17-9-6-12-21-13-17;20-15-6-3-5-14(11-15)13-24-18-9-2-1-8-17(18)19(23)22-16-7-4-10-21-12-16;20-15-9-7-14(8-10-15)13-24-18-6-2-1-5-17(18)19(23)22-16-4-3-11-21-12-16;20-15-6-3-5-14(11-15)13-24-18-9-2-1-8-17(18)19(23)22-16-7-4-10-21-12-16;23-19(21-15-7-5-11-20-12-15)16-8-2-4-10-18(16)26-13-14-6-1-3-9-17(14)22(24)25/h2*2-13H,14H2,1H3,(H,22,23);3*1-12H,13H2,(H,22,23);1-12H,13H2,(H,21,23). The van der Waals surface area contributed by atoms with E-state index in [1.54, 1.807) is 256 Å². The van der Waals surface area contributed by atoms with Crippen LogP contribution >= 0.6 is 43.5 Å². The van der Waals surface area contributed by atoms with Gasteiger partial charge in [0.25, 0.3) is 41.1 Å². The molecular weight excluding hydrogens is 1990 g/mol. The molecule has 18 rings (SSSR count). The van der Waals surface area contributed by atoms with Crippen molar-refractivity contribution < 1.29 is 62.1 Å². The molecule has 6 amide bonds. The molecule has 0 spiro atoms. The number of nitro groups is 1. The number of hydrogen-bond acceptors (Lipinski definition) is 20. The fourth-order valence-corrected chi connectivity index (χ4v) is 14.6. The maximum Gasteiger partial charge on any atom is 0.276 e. The molecule has 0 aliphatic heterocycles. The summed E-state index contributed by atoms with van der Waals surface area (Å²) in [5.41, 5.74) is 14.4. The van der Waals surface area contributed by atoms with Gasteiger partial charge in [0.2, 0.25) is 0 Å². The highest BCUT2D eigenvalue weighted by molar-refractivity contribution is 9.10. The molecule has 0 unspecified atom stereocenters. The zero-order valence-corrected chi connectivity index (χ0v) is 82.7. The minimum absolute atomic E-state index is 0.0195. The average Bonchev–Trinajstić information content (AvgIpc) is 0.862. The second kappa shape index (κ2) is 56.3. The summed E-state index contributed by atoms with van der Waals surface area (Å²) >= 11 is 12.8. The molecule has 0 aliphatic carbocycles. The minimum atomic E-state index is -0.459. The Labute approximate surface area is 864 Å². The Hall–Kier alpha value is -18.2. The van der Waals surface area contributed by atoms with Crippen LogP contribution in [-0.4, -0.2) is 70.3 Å². The number of anilines is 6. The lowest BCUT2D eigenvalue weighted by molar-refractivity contribution is -0.385. The van der Waals surface area contributed by atoms with E-state index >= 15 is 0 Å². The number of rotatable bonds is 31. The van der Waals surface area contributed by atoms with Crippen LogP contribution in [0.4, 0.5) is 39.8 Å². The first-order chi connectivity index (χ1) is 71.3. The summed E-state index contributed by atoms with van der Waals surface area (Å²) in [5, 5.41) is 28.6. The third-order valence-corrected chi connectivity index (χ3v) is 22.1. The molecule has 27 nitrogen and oxygen atoms in total. The van der Waals surface area contributed by atoms with Gasteiger partial charge in [-0.25, -0.2) is 0 Å². The van der Waals surface area contributed by atoms with Crippen LogP contribution in [0.25, 0.3) is 0 Å². The maximum absolute atomic E-state index is 12.5. The van der Waals surface area contributed by atoms with E-state index in [0.29, 0.717) is 146 Å². The van der Waals surface area contributed by atoms with Crippen LogP contribution < -0.4 is 60.3 Å². The second-order valence-corrected chi connectivity index (χ2v) is 33.8. The molecule has 0 atom stereocenters. The predicted molar refractivity (Wildman–Crippen MR) is 573 cm³/mol. The number of pyridine rings is 6. The first kappa shape index (κ1) is 105. The topological polar surface area (TPSA) is 350 Å². The largest absolute Gasteiger partial charge is 0.488 e. The van der Waals surface area contributed by atoms with Gasteiger partial charge in [0.05, 0.1) is 115 Å². The molecule has 30 heteroatoms. The number of ether oxygens (including phenoxy) is 6. The molecule has 0 fully saturated rings. The molecule has 12 aromatic carbocycles. The Morgan fingerprint density at radius 2 is 0.548 bits per heavy atom. The zero-order valence-electron chi connectivity index (χ0n) is 78.8. The monoisotopic (exact) mass is 2090 g/mol. The van der Waals surface area contributed by atoms with Gasteiger partial charge in [-0.15, -0.1) is 0 Å². The third kappa shape index (κ3) is 34.1. The van der Waals surface area contributed by atoms with E-state index in [4.69, 9.17) is 40.0 Å². The zero-order chi connectivity index (χ0) is 102. The Morgan fingerprint density at radius 3 is 0.856 bits per heavy atom. The summed E-state index contributed by atoms with van der Waals surface area (Å²) < 4.78 is 36.9. The van der Waals surface area contributed by atoms with E-state index in [9.17, 15) is 38.9 Å². The van der Waals surface area contributed by atoms with Gasteiger partial charge in [0.15, 0.2) is 0 Å². The second-order valence-electron chi connectivity index (χ2n) is 31.6. The van der Waals surface area contributed by atoms with Gasteiger partial charge in [0, 0.05) is 57.2 Å². The predicted octanol–water partition coefficient (Wildman–Crippen LogP) is 26.2. The van der Waals surface area contributed by atoms with Gasteiger partial charge in [0.1, 0.15) is 74.1 Å². The lowest BCUT2D eigenvalue weighted by atomic mass is 10.1. The SMILES string of the molecule is Cc1cccc(COc2ccccc2C(=O)Nc2cccnc2)c1.Cc1ccccc1COc1ccccc1C(=O)Nc1cccnc1.O=C(Nc1cccnc1)c1ccccc1OCc1ccc(Br)cc1.O=C(Nc1cccnc1)c1ccccc1OCc1cccc(Br)c1.O=C(Nc1cccnc1)c1ccccc1OCc1cccc(Cl)c1.O=C(Nc1cccnc1)c1ccccc1OCc1ccccc1[N+](=O)[O-]. The number of benzene rings is 12. The molecule has 730 valence electrons. The van der Waals surface area contributed by atoms with Crippen molar-refractivity contribution in [2.24, 2.45) is 0 Å². The summed E-state index contributed by atoms with van der Waals surface area (Å²) in [5.74, 6) is 1.56. The van der Waals surface area contributed by atoms with Crippen LogP contribution in [0.2, 0.25) is 5.02 Å². The molecule has 0 saturated carbocycles. The van der Waals surface area contributed by atoms with Crippen molar-refractivity contribution in [2.45, 2.75) is 53.5 Å². The molecular formula is C116H96Br2ClN13O14. The fourth-order valence-electron chi connectivity index (χ4n) is 13.7. The van der Waals surface area contributed by atoms with Crippen molar-refractivity contribution in [2.75, 3.05) is 31.9 Å². The molecule has 0 radical (unpaired) electrons. The maximum atomic E-state index is 12.5. The van der Waals surface area contributed by atoms with E-state index in [1.165, 1.54) is 17.8 Å². The van der Waals surface area contributed by atoms with Crippen molar-refractivity contribution >= 4 is 119 Å². The quantitative estimate of drug-likeness (QED) is 0.0174. The number of aromatic nitrogens is 6. The Balaban J connectivity index is 0.000000147. The highest BCUT2D eigenvalue weighted by atomic mass is 79.9. The highest BCUT2D eigenvalue weighted by Crippen LogP contribution is 2.31. The number of carbonyl (C=O) groups excluding carboxylic acids is 6. The molecule has 0 bridgehead atoms. The highest BCUT2D eigenvalue weighted by Gasteiger charge is 2.22. The van der Waals surface area contributed by atoms with Crippen molar-refractivity contribution in [1.29, 1.82) is 0 Å². The molecule has 0 saturated heterocycles. The minimum Gasteiger partial charge on any atom is -0.488 e. The summed E-state index contributed by atoms with van der Waals surface area (Å²) in [6, 6.07) is 109. The van der Waals surface area contributed by atoms with E-state index in [-0.39, 0.29) is 47.7 Å². The van der Waals surface area contributed by atoms with Gasteiger partial charge < -0.3 is 60.3 Å². The van der Waals surface area contributed by atoms with Gasteiger partial charge in [-0.05, 0) is 235 Å². The number of aryl methyl sites for hydroxylation is 2. The van der Waals surface area contributed by atoms with Crippen LogP contribution in [0.1, 0.15) is 107 Å². The Morgan fingerprint density at radius 1 is 0.274 bits per heavy atom. The number of hydrogen-bond donors (Lipinski definition) is 6. The van der Waals surface area contributed by atoms with Gasteiger partial charge in [-0.3, -0.25) is 68.8 Å². The number of nitrogens with one attached hydrogen (secondary N) is 6. The van der Waals surface area contributed by atoms with Crippen LogP contribution in [0.3, 0.4) is 0 Å².